The molecule has 1 aliphatic heterocycles. The molecule has 0 bridgehead atoms. The summed E-state index contributed by atoms with van der Waals surface area (Å²) in [6.45, 7) is 5.00. The molecule has 38 heavy (non-hydrogen) atoms. The molecule has 2 heterocycles. The number of nitrogens with one attached hydrogen (secondary N) is 2. The Hall–Kier alpha value is -3.08. The summed E-state index contributed by atoms with van der Waals surface area (Å²) in [5, 5.41) is 5.88. The van der Waals surface area contributed by atoms with Crippen LogP contribution in [0.2, 0.25) is 5.02 Å². The van der Waals surface area contributed by atoms with E-state index < -0.39 is 15.1 Å². The van der Waals surface area contributed by atoms with Crippen LogP contribution in [-0.4, -0.2) is 61.9 Å². The van der Waals surface area contributed by atoms with E-state index in [0.717, 1.165) is 13.0 Å². The monoisotopic (exact) mass is 559 g/mol. The third-order valence-electron chi connectivity index (χ3n) is 6.59. The van der Waals surface area contributed by atoms with Gasteiger partial charge < -0.3 is 25.0 Å². The lowest BCUT2D eigenvalue weighted by Crippen LogP contribution is -2.40. The molecular weight excluding hydrogens is 526 g/mol. The summed E-state index contributed by atoms with van der Waals surface area (Å²) in [6, 6.07) is 12.6. The predicted octanol–water partition coefficient (Wildman–Crippen LogP) is 5.67. The zero-order valence-electron chi connectivity index (χ0n) is 22.1. The Morgan fingerprint density at radius 3 is 2.66 bits per heavy atom. The lowest BCUT2D eigenvalue weighted by Gasteiger charge is -2.32. The van der Waals surface area contributed by atoms with Gasteiger partial charge in [0.2, 0.25) is 5.95 Å². The minimum absolute atomic E-state index is 0.177. The number of hydrogen-bond acceptors (Lipinski definition) is 9. The Balaban J connectivity index is 1.51. The highest BCUT2D eigenvalue weighted by Crippen LogP contribution is 2.33. The Morgan fingerprint density at radius 2 is 1.92 bits per heavy atom. The molecule has 1 saturated heterocycles. The van der Waals surface area contributed by atoms with Gasteiger partial charge in [-0.1, -0.05) is 30.2 Å². The van der Waals surface area contributed by atoms with E-state index in [-0.39, 0.29) is 21.7 Å². The molecule has 0 amide bonds. The first kappa shape index (κ1) is 27.9. The van der Waals surface area contributed by atoms with Crippen LogP contribution in [0, 0.1) is 0 Å². The number of likely N-dealkylation sites (tertiary alicyclic amines) is 1. The normalized spacial score (nSPS) is 16.3. The fourth-order valence-electron chi connectivity index (χ4n) is 4.25. The maximum absolute atomic E-state index is 12.8. The van der Waals surface area contributed by atoms with Gasteiger partial charge in [-0.3, -0.25) is 0 Å². The number of piperidine rings is 1. The zero-order chi connectivity index (χ0) is 27.3. The van der Waals surface area contributed by atoms with Crippen molar-refractivity contribution in [2.24, 2.45) is 0 Å². The zero-order valence-corrected chi connectivity index (χ0v) is 23.6. The van der Waals surface area contributed by atoms with Gasteiger partial charge in [-0.15, -0.1) is 0 Å². The number of rotatable bonds is 10. The highest BCUT2D eigenvalue weighted by atomic mass is 35.5. The number of likely N-dealkylation sites (N-methyl/N-ethyl adjacent to an activating group) is 1. The Bertz CT molecular complexity index is 1370. The molecule has 1 aromatic heterocycles. The number of aromatic nitrogens is 2. The van der Waals surface area contributed by atoms with Gasteiger partial charge in [0.25, 0.3) is 0 Å². The summed E-state index contributed by atoms with van der Waals surface area (Å²) in [7, 11) is 0.198. The summed E-state index contributed by atoms with van der Waals surface area (Å²) >= 11 is 6.36. The van der Waals surface area contributed by atoms with Crippen molar-refractivity contribution < 1.29 is 17.9 Å². The van der Waals surface area contributed by atoms with Crippen molar-refractivity contribution in [1.29, 1.82) is 0 Å². The first-order valence-corrected chi connectivity index (χ1v) is 14.5. The van der Waals surface area contributed by atoms with Gasteiger partial charge in [-0.2, -0.15) is 4.98 Å². The minimum Gasteiger partial charge on any atom is -0.494 e. The van der Waals surface area contributed by atoms with E-state index in [4.69, 9.17) is 21.1 Å². The van der Waals surface area contributed by atoms with Gasteiger partial charge in [-0.25, -0.2) is 13.4 Å². The molecule has 0 radical (unpaired) electrons. The Labute approximate surface area is 229 Å². The van der Waals surface area contributed by atoms with Crippen LogP contribution >= 0.6 is 11.6 Å². The van der Waals surface area contributed by atoms with Crippen LogP contribution in [0.3, 0.4) is 0 Å². The smallest absolute Gasteiger partial charge is 0.229 e. The summed E-state index contributed by atoms with van der Waals surface area (Å²) in [4.78, 5) is 11.3. The van der Waals surface area contributed by atoms with Crippen LogP contribution in [0.5, 0.6) is 11.5 Å². The Morgan fingerprint density at radius 1 is 1.13 bits per heavy atom. The van der Waals surface area contributed by atoms with Gasteiger partial charge in [0, 0.05) is 12.1 Å². The van der Waals surface area contributed by atoms with Crippen LogP contribution in [0.4, 0.5) is 23.1 Å². The van der Waals surface area contributed by atoms with Crippen molar-refractivity contribution >= 4 is 44.6 Å². The molecule has 1 aliphatic rings. The van der Waals surface area contributed by atoms with Crippen LogP contribution < -0.4 is 20.1 Å². The SMILES string of the molecule is COc1cc(OCC2CCCCN2C)ccc1Nc1ncc(Cl)c(Nc2ccccc2S(=O)(=O)C(C)C)n1. The van der Waals surface area contributed by atoms with Crippen molar-refractivity contribution in [3.8, 4) is 11.5 Å². The van der Waals surface area contributed by atoms with E-state index in [1.807, 2.05) is 18.2 Å². The number of hydrogen-bond donors (Lipinski definition) is 2. The number of methoxy groups -OCH3 is 1. The Kier molecular flexibility index (Phi) is 8.96. The number of ether oxygens (including phenoxy) is 2. The number of anilines is 4. The number of sulfone groups is 1. The highest BCUT2D eigenvalue weighted by molar-refractivity contribution is 7.92. The van der Waals surface area contributed by atoms with E-state index in [2.05, 4.69) is 32.5 Å². The first-order chi connectivity index (χ1) is 18.2. The molecule has 0 aliphatic carbocycles. The third kappa shape index (κ3) is 6.48. The minimum atomic E-state index is -3.52. The van der Waals surface area contributed by atoms with Crippen molar-refractivity contribution in [2.45, 2.75) is 49.3 Å². The summed E-state index contributed by atoms with van der Waals surface area (Å²) in [5.74, 6) is 1.82. The number of halogens is 1. The van der Waals surface area contributed by atoms with E-state index in [1.165, 1.54) is 19.0 Å². The average molecular weight is 560 g/mol. The van der Waals surface area contributed by atoms with Gasteiger partial charge in [0.05, 0.1) is 34.8 Å². The molecule has 204 valence electrons. The summed E-state index contributed by atoms with van der Waals surface area (Å²) < 4.78 is 37.3. The number of nitrogens with zero attached hydrogens (tertiary/aromatic N) is 3. The van der Waals surface area contributed by atoms with E-state index in [1.54, 1.807) is 45.2 Å². The molecule has 2 aromatic carbocycles. The van der Waals surface area contributed by atoms with Crippen molar-refractivity contribution in [3.05, 3.63) is 53.7 Å². The molecule has 4 rings (SSSR count). The van der Waals surface area contributed by atoms with E-state index >= 15 is 0 Å². The van der Waals surface area contributed by atoms with Crippen molar-refractivity contribution in [3.63, 3.8) is 0 Å². The second-order valence-electron chi connectivity index (χ2n) is 9.53. The van der Waals surface area contributed by atoms with Crippen LogP contribution in [0.15, 0.2) is 53.6 Å². The number of benzene rings is 2. The third-order valence-corrected chi connectivity index (χ3v) is 9.08. The van der Waals surface area contributed by atoms with Gasteiger partial charge >= 0.3 is 0 Å². The van der Waals surface area contributed by atoms with Crippen molar-refractivity contribution in [2.75, 3.05) is 37.9 Å². The van der Waals surface area contributed by atoms with Crippen LogP contribution in [0.25, 0.3) is 0 Å². The molecule has 1 atom stereocenters. The maximum atomic E-state index is 12.8. The average Bonchev–Trinajstić information content (AvgIpc) is 2.91. The molecular formula is C27H34ClN5O4S. The fraction of sp³-hybridized carbons (Fsp3) is 0.407. The molecule has 1 fully saturated rings. The highest BCUT2D eigenvalue weighted by Gasteiger charge is 2.23. The fourth-order valence-corrected chi connectivity index (χ4v) is 5.59. The molecule has 1 unspecified atom stereocenters. The van der Waals surface area contributed by atoms with Crippen LogP contribution in [-0.2, 0) is 9.84 Å². The van der Waals surface area contributed by atoms with Crippen LogP contribution in [0.1, 0.15) is 33.1 Å². The molecule has 0 spiro atoms. The molecule has 0 saturated carbocycles. The van der Waals surface area contributed by atoms with Gasteiger partial charge in [0.15, 0.2) is 15.7 Å². The largest absolute Gasteiger partial charge is 0.494 e. The number of para-hydroxylation sites is 1. The molecule has 3 aromatic rings. The quantitative estimate of drug-likeness (QED) is 0.325. The lowest BCUT2D eigenvalue weighted by atomic mass is 10.0. The van der Waals surface area contributed by atoms with E-state index in [9.17, 15) is 8.42 Å². The van der Waals surface area contributed by atoms with Gasteiger partial charge in [0.1, 0.15) is 23.1 Å². The maximum Gasteiger partial charge on any atom is 0.229 e. The topological polar surface area (TPSA) is 106 Å². The lowest BCUT2D eigenvalue weighted by molar-refractivity contribution is 0.125. The second-order valence-corrected chi connectivity index (χ2v) is 12.4. The summed E-state index contributed by atoms with van der Waals surface area (Å²) in [6.07, 6.45) is 5.03. The van der Waals surface area contributed by atoms with E-state index in [0.29, 0.717) is 35.5 Å². The standard InChI is InChI=1S/C27H34ClN5O4S/c1-18(2)38(34,35)25-11-6-5-10-23(25)30-26-21(28)16-29-27(32-26)31-22-13-12-20(15-24(22)36-4)37-17-19-9-7-8-14-33(19)3/h5-6,10-13,15-16,18-19H,7-9,14,17H2,1-4H3,(H2,29,30,31,32). The summed E-state index contributed by atoms with van der Waals surface area (Å²) in [5.41, 5.74) is 1.03. The molecule has 11 heteroatoms. The van der Waals surface area contributed by atoms with Gasteiger partial charge in [-0.05, 0) is 64.5 Å². The predicted molar refractivity (Wildman–Crippen MR) is 151 cm³/mol. The first-order valence-electron chi connectivity index (χ1n) is 12.6. The van der Waals surface area contributed by atoms with Crippen molar-refractivity contribution in [1.82, 2.24) is 14.9 Å². The molecule has 9 nitrogen and oxygen atoms in total. The second kappa shape index (κ2) is 12.2. The molecule has 2 N–H and O–H groups in total.